The van der Waals surface area contributed by atoms with E-state index in [1.807, 2.05) is 6.92 Å². The molecule has 0 bridgehead atoms. The van der Waals surface area contributed by atoms with Gasteiger partial charge in [-0.1, -0.05) is 13.0 Å². The number of benzene rings is 2. The smallest absolute Gasteiger partial charge is 0.256 e. The van der Waals surface area contributed by atoms with E-state index in [1.165, 1.54) is 17.0 Å². The molecule has 1 aliphatic rings. The molecule has 29 heavy (non-hydrogen) atoms. The number of anilines is 2. The van der Waals surface area contributed by atoms with Crippen molar-refractivity contribution in [3.8, 4) is 0 Å². The average Bonchev–Trinajstić information content (AvgIpc) is 2.65. The zero-order chi connectivity index (χ0) is 21.2. The van der Waals surface area contributed by atoms with Crippen molar-refractivity contribution >= 4 is 17.3 Å². The van der Waals surface area contributed by atoms with Gasteiger partial charge in [-0.2, -0.15) is 0 Å². The summed E-state index contributed by atoms with van der Waals surface area (Å²) in [5.41, 5.74) is -1.02. The number of aryl methyl sites for hydroxylation is 1. The molecule has 1 fully saturated rings. The number of β-amino-alcohol motifs (C(OH)–C–C–N with tert-alkyl or cyclic N) is 1. The normalized spacial score (nSPS) is 15.2. The van der Waals surface area contributed by atoms with E-state index in [2.05, 4.69) is 10.6 Å². The molecule has 0 spiro atoms. The Morgan fingerprint density at radius 2 is 1.90 bits per heavy atom. The van der Waals surface area contributed by atoms with Crippen molar-refractivity contribution in [1.29, 1.82) is 0 Å². The van der Waals surface area contributed by atoms with Crippen LogP contribution in [0.15, 0.2) is 30.3 Å². The number of carbonyl (C=O) groups is 1. The van der Waals surface area contributed by atoms with E-state index in [0.29, 0.717) is 12.1 Å². The van der Waals surface area contributed by atoms with Crippen molar-refractivity contribution in [3.63, 3.8) is 0 Å². The van der Waals surface area contributed by atoms with E-state index in [1.54, 1.807) is 13.0 Å². The molecule has 0 radical (unpaired) electrons. The minimum atomic E-state index is -1.27. The van der Waals surface area contributed by atoms with Crippen LogP contribution in [-0.2, 0) is 0 Å². The third-order valence-electron chi connectivity index (χ3n) is 4.85. The van der Waals surface area contributed by atoms with Gasteiger partial charge in [-0.15, -0.1) is 0 Å². The third-order valence-corrected chi connectivity index (χ3v) is 4.85. The van der Waals surface area contributed by atoms with Gasteiger partial charge in [-0.25, -0.2) is 13.2 Å². The number of halogens is 3. The largest absolute Gasteiger partial charge is 0.385 e. The van der Waals surface area contributed by atoms with E-state index >= 15 is 0 Å². The van der Waals surface area contributed by atoms with Gasteiger partial charge in [0, 0.05) is 6.54 Å². The van der Waals surface area contributed by atoms with Crippen molar-refractivity contribution in [3.05, 3.63) is 58.9 Å². The van der Waals surface area contributed by atoms with Crippen LogP contribution in [0.4, 0.5) is 24.5 Å². The number of amides is 1. The van der Waals surface area contributed by atoms with Crippen LogP contribution in [0.5, 0.6) is 0 Å². The van der Waals surface area contributed by atoms with Gasteiger partial charge in [0.05, 0.1) is 30.0 Å². The summed E-state index contributed by atoms with van der Waals surface area (Å²) >= 11 is 0. The van der Waals surface area contributed by atoms with E-state index in [0.717, 1.165) is 25.1 Å². The van der Waals surface area contributed by atoms with Crippen LogP contribution in [-0.4, -0.2) is 47.7 Å². The lowest BCUT2D eigenvalue weighted by molar-refractivity contribution is -0.0784. The molecule has 0 aliphatic carbocycles. The minimum Gasteiger partial charge on any atom is -0.385 e. The molecular weight excluding hydrogens is 383 g/mol. The summed E-state index contributed by atoms with van der Waals surface area (Å²) < 4.78 is 42.4. The Morgan fingerprint density at radius 3 is 2.55 bits per heavy atom. The number of nitrogens with one attached hydrogen (secondary N) is 2. The molecule has 1 amide bonds. The van der Waals surface area contributed by atoms with Crippen LogP contribution >= 0.6 is 0 Å². The number of rotatable bonds is 7. The van der Waals surface area contributed by atoms with Gasteiger partial charge in [0.15, 0.2) is 11.6 Å². The number of nitrogens with zero attached hydrogens (tertiary/aromatic N) is 1. The monoisotopic (exact) mass is 407 g/mol. The van der Waals surface area contributed by atoms with Crippen LogP contribution in [0.25, 0.3) is 0 Å². The second-order valence-corrected chi connectivity index (χ2v) is 7.45. The first-order valence-electron chi connectivity index (χ1n) is 9.47. The molecule has 156 valence electrons. The number of hydrogen-bond acceptors (Lipinski definition) is 4. The molecule has 0 atom stereocenters. The molecule has 1 saturated heterocycles. The number of aliphatic hydroxyl groups is 1. The third kappa shape index (κ3) is 4.54. The predicted molar refractivity (Wildman–Crippen MR) is 105 cm³/mol. The average molecular weight is 407 g/mol. The number of likely N-dealkylation sites (tertiary alicyclic amines) is 1. The Kier molecular flexibility index (Phi) is 6.14. The van der Waals surface area contributed by atoms with Gasteiger partial charge in [0.2, 0.25) is 0 Å². The summed E-state index contributed by atoms with van der Waals surface area (Å²) in [5, 5.41) is 16.0. The molecule has 0 saturated carbocycles. The Hall–Kier alpha value is -2.58. The fourth-order valence-electron chi connectivity index (χ4n) is 3.30. The highest BCUT2D eigenvalue weighted by atomic mass is 19.2. The number of hydrogen-bond donors (Lipinski definition) is 3. The van der Waals surface area contributed by atoms with Crippen molar-refractivity contribution in [2.75, 3.05) is 31.5 Å². The number of carbonyl (C=O) groups excluding carboxylic acids is 1. The van der Waals surface area contributed by atoms with Gasteiger partial charge in [0.1, 0.15) is 11.4 Å². The lowest BCUT2D eigenvalue weighted by atomic mass is 9.92. The Labute approximate surface area is 167 Å². The Morgan fingerprint density at radius 1 is 1.17 bits per heavy atom. The molecule has 1 aliphatic heterocycles. The summed E-state index contributed by atoms with van der Waals surface area (Å²) in [6.45, 7) is 4.92. The molecule has 0 unspecified atom stereocenters. The first kappa shape index (κ1) is 21.1. The van der Waals surface area contributed by atoms with Crippen molar-refractivity contribution < 1.29 is 23.1 Å². The molecule has 2 aromatic rings. The predicted octanol–water partition coefficient (Wildman–Crippen LogP) is 3.34. The molecule has 5 nitrogen and oxygen atoms in total. The molecule has 1 heterocycles. The Balaban J connectivity index is 1.81. The summed E-state index contributed by atoms with van der Waals surface area (Å²) in [6, 6.07) is 6.27. The van der Waals surface area contributed by atoms with Gasteiger partial charge < -0.3 is 20.6 Å². The summed E-state index contributed by atoms with van der Waals surface area (Å²) in [7, 11) is 0. The fraction of sp³-hybridized carbons (Fsp3) is 0.381. The maximum absolute atomic E-state index is 14.5. The summed E-state index contributed by atoms with van der Waals surface area (Å²) in [6.07, 6.45) is 0.915. The maximum atomic E-state index is 14.5. The van der Waals surface area contributed by atoms with E-state index in [4.69, 9.17) is 0 Å². The highest BCUT2D eigenvalue weighted by Gasteiger charge is 2.44. The first-order valence-corrected chi connectivity index (χ1v) is 9.47. The quantitative estimate of drug-likeness (QED) is 0.616. The van der Waals surface area contributed by atoms with Crippen molar-refractivity contribution in [1.82, 2.24) is 10.2 Å². The zero-order valence-electron chi connectivity index (χ0n) is 16.4. The SMILES string of the molecule is CCCNCC1(O)CN(C(=O)c2ccc(F)c(F)c2Nc2ccc(C)cc2F)C1. The summed E-state index contributed by atoms with van der Waals surface area (Å²) in [5.74, 6) is -3.64. The Bertz CT molecular complexity index is 914. The topological polar surface area (TPSA) is 64.6 Å². The molecule has 3 rings (SSSR count). The van der Waals surface area contributed by atoms with Crippen molar-refractivity contribution in [2.24, 2.45) is 0 Å². The first-order chi connectivity index (χ1) is 13.7. The van der Waals surface area contributed by atoms with Crippen LogP contribution in [0.3, 0.4) is 0 Å². The van der Waals surface area contributed by atoms with Gasteiger partial charge >= 0.3 is 0 Å². The molecule has 2 aromatic carbocycles. The fourth-order valence-corrected chi connectivity index (χ4v) is 3.30. The van der Waals surface area contributed by atoms with E-state index in [-0.39, 0.29) is 24.3 Å². The van der Waals surface area contributed by atoms with Gasteiger partial charge in [-0.3, -0.25) is 4.79 Å². The zero-order valence-corrected chi connectivity index (χ0v) is 16.4. The second kappa shape index (κ2) is 8.42. The highest BCUT2D eigenvalue weighted by Crippen LogP contribution is 2.31. The summed E-state index contributed by atoms with van der Waals surface area (Å²) in [4.78, 5) is 14.2. The van der Waals surface area contributed by atoms with Crippen LogP contribution in [0, 0.1) is 24.4 Å². The van der Waals surface area contributed by atoms with Crippen LogP contribution in [0.1, 0.15) is 29.3 Å². The lowest BCUT2D eigenvalue weighted by Gasteiger charge is -2.46. The minimum absolute atomic E-state index is 0.0693. The van der Waals surface area contributed by atoms with E-state index in [9.17, 15) is 23.1 Å². The maximum Gasteiger partial charge on any atom is 0.256 e. The van der Waals surface area contributed by atoms with E-state index < -0.39 is 34.6 Å². The lowest BCUT2D eigenvalue weighted by Crippen LogP contribution is -2.67. The van der Waals surface area contributed by atoms with Gasteiger partial charge in [0.25, 0.3) is 5.91 Å². The second-order valence-electron chi connectivity index (χ2n) is 7.45. The standard InChI is InChI=1S/C21H24F3N3O2/c1-3-8-25-10-21(29)11-27(12-21)20(28)14-5-6-15(22)18(24)19(14)26-17-7-4-13(2)9-16(17)23/h4-7,9,25-26,29H,3,8,10-12H2,1-2H3. The van der Waals surface area contributed by atoms with Gasteiger partial charge in [-0.05, 0) is 49.7 Å². The highest BCUT2D eigenvalue weighted by molar-refractivity contribution is 6.01. The van der Waals surface area contributed by atoms with Crippen molar-refractivity contribution in [2.45, 2.75) is 25.9 Å². The molecule has 3 N–H and O–H groups in total. The molecular formula is C21H24F3N3O2. The molecule has 8 heteroatoms. The van der Waals surface area contributed by atoms with Crippen LogP contribution in [0.2, 0.25) is 0 Å². The molecule has 0 aromatic heterocycles. The van der Waals surface area contributed by atoms with Crippen LogP contribution < -0.4 is 10.6 Å².